The summed E-state index contributed by atoms with van der Waals surface area (Å²) in [6.45, 7) is 5.49. The van der Waals surface area contributed by atoms with Gasteiger partial charge in [-0.1, -0.05) is 63.3 Å². The standard InChI is InChI=1S/C33H30FNO5/c1-32(2,3)31(38)28-27(23-13-12-20(39-4)17-25(23)40-5)33(29(36)21-8-6-7-9-22(21)30(33)37)26-15-10-18-16-19(34)11-14-24(18)35(26)28/h6-17,26-28H,1-5H3/t26-,27-,28+/m0/s1. The SMILES string of the molecule is COc1ccc([C@H]2[C@H](C(=O)C(C)(C)C)N3c4ccc(F)cc4C=C[C@H]3C23C(=O)c2ccccc2C3=O)c(OC)c1. The van der Waals surface area contributed by atoms with Crippen molar-refractivity contribution >= 4 is 29.1 Å². The number of halogens is 1. The Morgan fingerprint density at radius 1 is 0.925 bits per heavy atom. The van der Waals surface area contributed by atoms with E-state index in [1.54, 1.807) is 67.8 Å². The number of benzene rings is 3. The number of anilines is 1. The zero-order chi connectivity index (χ0) is 28.6. The van der Waals surface area contributed by atoms with Crippen molar-refractivity contribution in [2.24, 2.45) is 10.8 Å². The van der Waals surface area contributed by atoms with E-state index in [0.717, 1.165) is 0 Å². The number of hydrogen-bond donors (Lipinski definition) is 0. The van der Waals surface area contributed by atoms with Gasteiger partial charge in [-0.2, -0.15) is 0 Å². The number of carbonyl (C=O) groups excluding carboxylic acids is 3. The van der Waals surface area contributed by atoms with Crippen LogP contribution in [0.3, 0.4) is 0 Å². The number of methoxy groups -OCH3 is 2. The summed E-state index contributed by atoms with van der Waals surface area (Å²) in [7, 11) is 3.05. The maximum absolute atomic E-state index is 14.7. The molecule has 1 fully saturated rings. The summed E-state index contributed by atoms with van der Waals surface area (Å²) in [4.78, 5) is 45.7. The van der Waals surface area contributed by atoms with Crippen molar-refractivity contribution in [3.05, 3.63) is 94.8 Å². The number of rotatable bonds is 4. The van der Waals surface area contributed by atoms with Gasteiger partial charge >= 0.3 is 0 Å². The predicted molar refractivity (Wildman–Crippen MR) is 150 cm³/mol. The molecule has 204 valence electrons. The Bertz CT molecular complexity index is 1580. The molecule has 0 unspecified atom stereocenters. The number of nitrogens with zero attached hydrogens (tertiary/aromatic N) is 1. The Morgan fingerprint density at radius 3 is 2.20 bits per heavy atom. The van der Waals surface area contributed by atoms with E-state index in [1.807, 2.05) is 25.7 Å². The zero-order valence-electron chi connectivity index (χ0n) is 23.0. The molecule has 0 radical (unpaired) electrons. The summed E-state index contributed by atoms with van der Waals surface area (Å²) >= 11 is 0. The zero-order valence-corrected chi connectivity index (χ0v) is 23.0. The minimum atomic E-state index is -1.65. The van der Waals surface area contributed by atoms with Crippen molar-refractivity contribution in [1.29, 1.82) is 0 Å². The Hall–Kier alpha value is -4.26. The molecule has 3 aliphatic rings. The molecule has 1 saturated heterocycles. The summed E-state index contributed by atoms with van der Waals surface area (Å²) < 4.78 is 25.6. The highest BCUT2D eigenvalue weighted by atomic mass is 19.1. The van der Waals surface area contributed by atoms with Crippen molar-refractivity contribution in [2.75, 3.05) is 19.1 Å². The fraction of sp³-hybridized carbons (Fsp3) is 0.303. The van der Waals surface area contributed by atoms with Gasteiger partial charge in [0.1, 0.15) is 22.7 Å². The lowest BCUT2D eigenvalue weighted by Gasteiger charge is -2.38. The summed E-state index contributed by atoms with van der Waals surface area (Å²) in [5, 5.41) is 0. The molecule has 40 heavy (non-hydrogen) atoms. The Morgan fingerprint density at radius 2 is 1.60 bits per heavy atom. The molecule has 0 amide bonds. The fourth-order valence-electron chi connectivity index (χ4n) is 6.81. The fourth-order valence-corrected chi connectivity index (χ4v) is 6.81. The second kappa shape index (κ2) is 8.88. The Kier molecular flexibility index (Phi) is 5.77. The predicted octanol–water partition coefficient (Wildman–Crippen LogP) is 5.89. The second-order valence-corrected chi connectivity index (χ2v) is 11.6. The molecule has 0 aromatic heterocycles. The van der Waals surface area contributed by atoms with Gasteiger partial charge in [0.2, 0.25) is 0 Å². The summed E-state index contributed by atoms with van der Waals surface area (Å²) in [6, 6.07) is 14.7. The lowest BCUT2D eigenvalue weighted by Crippen LogP contribution is -2.49. The maximum Gasteiger partial charge on any atom is 0.180 e. The lowest BCUT2D eigenvalue weighted by molar-refractivity contribution is -0.127. The van der Waals surface area contributed by atoms with Crippen LogP contribution in [0.1, 0.15) is 58.5 Å². The third-order valence-electron chi connectivity index (χ3n) is 8.55. The molecule has 6 nitrogen and oxygen atoms in total. The van der Waals surface area contributed by atoms with Gasteiger partial charge in [-0.05, 0) is 24.3 Å². The Balaban J connectivity index is 1.72. The summed E-state index contributed by atoms with van der Waals surface area (Å²) in [5.41, 5.74) is -0.0542. The van der Waals surface area contributed by atoms with Gasteiger partial charge in [-0.15, -0.1) is 0 Å². The monoisotopic (exact) mass is 539 g/mol. The molecule has 2 aliphatic heterocycles. The van der Waals surface area contributed by atoms with E-state index in [2.05, 4.69) is 0 Å². The molecule has 0 N–H and O–H groups in total. The van der Waals surface area contributed by atoms with Gasteiger partial charge in [-0.25, -0.2) is 4.39 Å². The number of Topliss-reactive ketones (excluding diaryl/α,β-unsaturated/α-hetero) is 3. The van der Waals surface area contributed by atoms with Crippen molar-refractivity contribution in [3.63, 3.8) is 0 Å². The van der Waals surface area contributed by atoms with E-state index in [1.165, 1.54) is 19.2 Å². The molecular weight excluding hydrogens is 509 g/mol. The number of ketones is 3. The highest BCUT2D eigenvalue weighted by Gasteiger charge is 2.72. The quantitative estimate of drug-likeness (QED) is 0.385. The smallest absolute Gasteiger partial charge is 0.180 e. The first-order chi connectivity index (χ1) is 19.0. The van der Waals surface area contributed by atoms with Crippen LogP contribution in [0.4, 0.5) is 10.1 Å². The van der Waals surface area contributed by atoms with Crippen LogP contribution < -0.4 is 14.4 Å². The topological polar surface area (TPSA) is 72.9 Å². The van der Waals surface area contributed by atoms with Crippen LogP contribution in [0.15, 0.2) is 66.7 Å². The van der Waals surface area contributed by atoms with Crippen LogP contribution in [0.25, 0.3) is 6.08 Å². The molecule has 0 bridgehead atoms. The third kappa shape index (κ3) is 3.36. The maximum atomic E-state index is 14.7. The van der Waals surface area contributed by atoms with Crippen LogP contribution in [0, 0.1) is 16.6 Å². The summed E-state index contributed by atoms with van der Waals surface area (Å²) in [6.07, 6.45) is 3.53. The molecule has 0 saturated carbocycles. The minimum absolute atomic E-state index is 0.139. The van der Waals surface area contributed by atoms with Crippen LogP contribution in [0.5, 0.6) is 11.5 Å². The number of fused-ring (bicyclic) bond motifs is 5. The molecular formula is C33H30FNO5. The van der Waals surface area contributed by atoms with E-state index in [9.17, 15) is 18.8 Å². The number of carbonyl (C=O) groups is 3. The van der Waals surface area contributed by atoms with E-state index in [4.69, 9.17) is 9.47 Å². The average molecular weight is 540 g/mol. The summed E-state index contributed by atoms with van der Waals surface area (Å²) in [5.74, 6) is -1.16. The first-order valence-corrected chi connectivity index (χ1v) is 13.3. The van der Waals surface area contributed by atoms with Gasteiger partial charge in [0.15, 0.2) is 17.3 Å². The van der Waals surface area contributed by atoms with Crippen molar-refractivity contribution < 1.29 is 28.2 Å². The van der Waals surface area contributed by atoms with E-state index in [-0.39, 0.29) is 17.3 Å². The first kappa shape index (κ1) is 26.0. The third-order valence-corrected chi connectivity index (χ3v) is 8.55. The van der Waals surface area contributed by atoms with Gasteiger partial charge in [0.05, 0.1) is 26.3 Å². The molecule has 2 heterocycles. The molecule has 3 aromatic rings. The van der Waals surface area contributed by atoms with Crippen LogP contribution in [-0.4, -0.2) is 43.7 Å². The molecule has 3 atom stereocenters. The number of ether oxygens (including phenoxy) is 2. The van der Waals surface area contributed by atoms with Gasteiger partial charge in [-0.3, -0.25) is 14.4 Å². The van der Waals surface area contributed by atoms with Crippen LogP contribution >= 0.6 is 0 Å². The van der Waals surface area contributed by atoms with E-state index in [0.29, 0.717) is 39.4 Å². The van der Waals surface area contributed by atoms with E-state index >= 15 is 0 Å². The van der Waals surface area contributed by atoms with Gasteiger partial charge < -0.3 is 14.4 Å². The van der Waals surface area contributed by atoms with Crippen LogP contribution in [0.2, 0.25) is 0 Å². The highest BCUT2D eigenvalue weighted by molar-refractivity contribution is 6.32. The van der Waals surface area contributed by atoms with Crippen molar-refractivity contribution in [1.82, 2.24) is 0 Å². The van der Waals surface area contributed by atoms with E-state index < -0.39 is 34.6 Å². The molecule has 7 heteroatoms. The van der Waals surface area contributed by atoms with Gasteiger partial charge in [0.25, 0.3) is 0 Å². The highest BCUT2D eigenvalue weighted by Crippen LogP contribution is 2.62. The van der Waals surface area contributed by atoms with Crippen LogP contribution in [-0.2, 0) is 4.79 Å². The molecule has 3 aromatic carbocycles. The largest absolute Gasteiger partial charge is 0.497 e. The molecule has 6 rings (SSSR count). The average Bonchev–Trinajstić information content (AvgIpc) is 3.37. The van der Waals surface area contributed by atoms with Crippen molar-refractivity contribution in [2.45, 2.75) is 38.8 Å². The van der Waals surface area contributed by atoms with Crippen molar-refractivity contribution in [3.8, 4) is 11.5 Å². The normalized spacial score (nSPS) is 22.2. The molecule has 1 aliphatic carbocycles. The van der Waals surface area contributed by atoms with Gasteiger partial charge in [0, 0.05) is 45.3 Å². The first-order valence-electron chi connectivity index (χ1n) is 13.3. The second-order valence-electron chi connectivity index (χ2n) is 11.6. The molecule has 1 spiro atoms. The minimum Gasteiger partial charge on any atom is -0.497 e. The Labute approximate surface area is 232 Å². The lowest BCUT2D eigenvalue weighted by atomic mass is 9.63. The number of hydrogen-bond acceptors (Lipinski definition) is 6.